The molecule has 0 amide bonds. The molecule has 0 radical (unpaired) electrons. The normalized spacial score (nSPS) is 12.2. The molecule has 0 saturated heterocycles. The van der Waals surface area contributed by atoms with Crippen molar-refractivity contribution in [3.8, 4) is 0 Å². The van der Waals surface area contributed by atoms with E-state index in [-0.39, 0.29) is 0 Å². The number of para-hydroxylation sites is 2. The van der Waals surface area contributed by atoms with E-state index in [1.807, 2.05) is 0 Å². The van der Waals surface area contributed by atoms with Gasteiger partial charge in [-0.2, -0.15) is 0 Å². The monoisotopic (exact) mass is 474 g/mol. The number of nitrogens with one attached hydrogen (secondary N) is 1. The van der Waals surface area contributed by atoms with Gasteiger partial charge in [-0.3, -0.25) is 0 Å². The van der Waals surface area contributed by atoms with Crippen LogP contribution in [0.15, 0.2) is 109 Å². The Kier molecular flexibility index (Phi) is 5.04. The summed E-state index contributed by atoms with van der Waals surface area (Å²) in [6.07, 6.45) is 8.75. The molecule has 176 valence electrons. The van der Waals surface area contributed by atoms with Crippen LogP contribution in [0.3, 0.4) is 0 Å². The number of aryl methyl sites for hydroxylation is 1. The maximum absolute atomic E-state index is 3.49. The molecule has 0 aliphatic carbocycles. The highest BCUT2D eigenvalue weighted by Crippen LogP contribution is 2.29. The topological polar surface area (TPSA) is 20.7 Å². The highest BCUT2D eigenvalue weighted by atomic mass is 14.9. The van der Waals surface area contributed by atoms with Gasteiger partial charge in [-0.15, -0.1) is 0 Å². The van der Waals surface area contributed by atoms with E-state index in [1.54, 1.807) is 0 Å². The van der Waals surface area contributed by atoms with Crippen molar-refractivity contribution in [1.82, 2.24) is 9.55 Å². The van der Waals surface area contributed by atoms with E-state index in [9.17, 15) is 0 Å². The minimum atomic E-state index is 1.18. The van der Waals surface area contributed by atoms with Crippen molar-refractivity contribution >= 4 is 67.9 Å². The number of H-pyrrole nitrogens is 1. The predicted molar refractivity (Wildman–Crippen MR) is 161 cm³/mol. The van der Waals surface area contributed by atoms with Crippen LogP contribution < -0.4 is 0 Å². The highest BCUT2D eigenvalue weighted by molar-refractivity contribution is 6.09. The van der Waals surface area contributed by atoms with Crippen LogP contribution in [-0.4, -0.2) is 9.55 Å². The lowest BCUT2D eigenvalue weighted by molar-refractivity contribution is 1.01. The molecule has 0 fully saturated rings. The molecule has 37 heavy (non-hydrogen) atoms. The van der Waals surface area contributed by atoms with Crippen LogP contribution in [-0.2, 0) is 7.05 Å². The van der Waals surface area contributed by atoms with Gasteiger partial charge in [0.05, 0.1) is 0 Å². The Bertz CT molecular complexity index is 1980. The summed E-state index contributed by atoms with van der Waals surface area (Å²) >= 11 is 0. The van der Waals surface area contributed by atoms with E-state index in [0.717, 1.165) is 0 Å². The third-order valence-electron chi connectivity index (χ3n) is 7.34. The molecule has 2 heteroatoms. The summed E-state index contributed by atoms with van der Waals surface area (Å²) in [5, 5.41) is 5.13. The van der Waals surface area contributed by atoms with Gasteiger partial charge in [0.2, 0.25) is 0 Å². The highest BCUT2D eigenvalue weighted by Gasteiger charge is 2.07. The Morgan fingerprint density at radius 2 is 0.973 bits per heavy atom. The number of hydrogen-bond acceptors (Lipinski definition) is 0. The second-order valence-corrected chi connectivity index (χ2v) is 9.66. The summed E-state index contributed by atoms with van der Waals surface area (Å²) in [6.45, 7) is 0. The van der Waals surface area contributed by atoms with Crippen molar-refractivity contribution in [3.05, 3.63) is 131 Å². The molecule has 5 aromatic carbocycles. The fourth-order valence-electron chi connectivity index (χ4n) is 5.36. The second kappa shape index (κ2) is 8.69. The Balaban J connectivity index is 1.11. The zero-order chi connectivity index (χ0) is 24.8. The minimum Gasteiger partial charge on any atom is -0.355 e. The molecule has 2 nitrogen and oxygen atoms in total. The standard InChI is InChI=1S/C35H26N2/c1-37-34-9-5-3-7-29(34)31-23-27(19-21-35(31)37)17-15-25-12-10-24(11-13-25)14-16-26-18-20-33-30(22-26)28-6-2-4-8-32(28)36-33/h2-23,36H,1H3/b16-14+,17-15+. The Morgan fingerprint density at radius 3 is 1.73 bits per heavy atom. The molecule has 7 rings (SSSR count). The molecule has 0 bridgehead atoms. The zero-order valence-corrected chi connectivity index (χ0v) is 20.6. The van der Waals surface area contributed by atoms with Gasteiger partial charge in [0, 0.05) is 50.7 Å². The number of nitrogens with zero attached hydrogens (tertiary/aromatic N) is 1. The molecule has 0 saturated carbocycles. The molecule has 0 aliphatic heterocycles. The van der Waals surface area contributed by atoms with Gasteiger partial charge in [-0.05, 0) is 58.7 Å². The molecule has 0 unspecified atom stereocenters. The Labute approximate surface area is 215 Å². The molecule has 0 aliphatic rings. The minimum absolute atomic E-state index is 1.18. The first-order chi connectivity index (χ1) is 18.2. The van der Waals surface area contributed by atoms with Gasteiger partial charge in [-0.25, -0.2) is 0 Å². The summed E-state index contributed by atoms with van der Waals surface area (Å²) in [4.78, 5) is 3.49. The quantitative estimate of drug-likeness (QED) is 0.245. The zero-order valence-electron chi connectivity index (χ0n) is 20.6. The van der Waals surface area contributed by atoms with Crippen LogP contribution in [0.1, 0.15) is 22.3 Å². The van der Waals surface area contributed by atoms with Crippen LogP contribution in [0.25, 0.3) is 67.9 Å². The Hall–Kier alpha value is -4.82. The third kappa shape index (κ3) is 3.84. The van der Waals surface area contributed by atoms with E-state index >= 15 is 0 Å². The number of rotatable bonds is 4. The summed E-state index contributed by atoms with van der Waals surface area (Å²) in [5.74, 6) is 0. The van der Waals surface area contributed by atoms with Crippen LogP contribution >= 0.6 is 0 Å². The van der Waals surface area contributed by atoms with Crippen LogP contribution in [0.4, 0.5) is 0 Å². The average molecular weight is 475 g/mol. The lowest BCUT2D eigenvalue weighted by atomic mass is 10.1. The van der Waals surface area contributed by atoms with Gasteiger partial charge < -0.3 is 9.55 Å². The SMILES string of the molecule is Cn1c2ccccc2c2cc(/C=C/c3ccc(/C=C/c4ccc5[nH]c6ccccc6c5c4)cc3)ccc21. The first-order valence-electron chi connectivity index (χ1n) is 12.7. The summed E-state index contributed by atoms with van der Waals surface area (Å²) in [5.41, 5.74) is 9.67. The van der Waals surface area contributed by atoms with Crippen molar-refractivity contribution in [1.29, 1.82) is 0 Å². The van der Waals surface area contributed by atoms with E-state index in [1.165, 1.54) is 65.9 Å². The first kappa shape index (κ1) is 21.5. The van der Waals surface area contributed by atoms with Crippen LogP contribution in [0, 0.1) is 0 Å². The lowest BCUT2D eigenvalue weighted by Gasteiger charge is -2.00. The fourth-order valence-corrected chi connectivity index (χ4v) is 5.36. The van der Waals surface area contributed by atoms with E-state index in [0.29, 0.717) is 0 Å². The first-order valence-corrected chi connectivity index (χ1v) is 12.7. The molecule has 7 aromatic rings. The number of aromatic amines is 1. The molecular formula is C35H26N2. The predicted octanol–water partition coefficient (Wildman–Crippen LogP) is 9.31. The van der Waals surface area contributed by atoms with Gasteiger partial charge in [0.25, 0.3) is 0 Å². The van der Waals surface area contributed by atoms with Gasteiger partial charge >= 0.3 is 0 Å². The molecular weight excluding hydrogens is 448 g/mol. The maximum atomic E-state index is 3.49. The number of hydrogen-bond donors (Lipinski definition) is 1. The van der Waals surface area contributed by atoms with Crippen molar-refractivity contribution in [2.24, 2.45) is 7.05 Å². The van der Waals surface area contributed by atoms with Crippen LogP contribution in [0.2, 0.25) is 0 Å². The summed E-state index contributed by atoms with van der Waals surface area (Å²) < 4.78 is 2.27. The summed E-state index contributed by atoms with van der Waals surface area (Å²) in [6, 6.07) is 39.1. The molecule has 2 aromatic heterocycles. The van der Waals surface area contributed by atoms with Gasteiger partial charge in [0.15, 0.2) is 0 Å². The van der Waals surface area contributed by atoms with E-state index < -0.39 is 0 Å². The molecule has 2 heterocycles. The summed E-state index contributed by atoms with van der Waals surface area (Å²) in [7, 11) is 2.14. The largest absolute Gasteiger partial charge is 0.355 e. The van der Waals surface area contributed by atoms with Gasteiger partial charge in [-0.1, -0.05) is 97.1 Å². The Morgan fingerprint density at radius 1 is 0.459 bits per heavy atom. The third-order valence-corrected chi connectivity index (χ3v) is 7.34. The smallest absolute Gasteiger partial charge is 0.0489 e. The molecule has 0 atom stereocenters. The molecule has 1 N–H and O–H groups in total. The maximum Gasteiger partial charge on any atom is 0.0489 e. The van der Waals surface area contributed by atoms with Crippen molar-refractivity contribution in [3.63, 3.8) is 0 Å². The number of fused-ring (bicyclic) bond motifs is 6. The number of benzene rings is 5. The lowest BCUT2D eigenvalue weighted by Crippen LogP contribution is -1.85. The average Bonchev–Trinajstić information content (AvgIpc) is 3.46. The van der Waals surface area contributed by atoms with E-state index in [2.05, 4.69) is 150 Å². The van der Waals surface area contributed by atoms with Crippen molar-refractivity contribution in [2.75, 3.05) is 0 Å². The van der Waals surface area contributed by atoms with Gasteiger partial charge in [0.1, 0.15) is 0 Å². The fraction of sp³-hybridized carbons (Fsp3) is 0.0286. The van der Waals surface area contributed by atoms with E-state index in [4.69, 9.17) is 0 Å². The van der Waals surface area contributed by atoms with Crippen molar-refractivity contribution in [2.45, 2.75) is 0 Å². The molecule has 0 spiro atoms. The van der Waals surface area contributed by atoms with Crippen molar-refractivity contribution < 1.29 is 0 Å². The second-order valence-electron chi connectivity index (χ2n) is 9.66. The number of aromatic nitrogens is 2. The van der Waals surface area contributed by atoms with Crippen LogP contribution in [0.5, 0.6) is 0 Å².